The van der Waals surface area contributed by atoms with Crippen LogP contribution in [-0.2, 0) is 49.8 Å². The number of hydrogen-bond donors (Lipinski definition) is 0. The monoisotopic (exact) mass is 747 g/mol. The molecule has 12 saturated carbocycles. The Morgan fingerprint density at radius 2 is 0.442 bits per heavy atom. The second-order valence-electron chi connectivity index (χ2n) is 16.7. The molecule has 13 heteroatoms. The maximum absolute atomic E-state index is 11.3. The fraction of sp³-hybridized carbons (Fsp3) is 1.00. The van der Waals surface area contributed by atoms with Gasteiger partial charge in [0.15, 0.2) is 0 Å². The summed E-state index contributed by atoms with van der Waals surface area (Å²) in [4.78, 5) is 0. The molecule has 0 aromatic heterocycles. The van der Waals surface area contributed by atoms with Crippen LogP contribution in [0.2, 0.25) is 0 Å². The van der Waals surface area contributed by atoms with Crippen LogP contribution in [0, 0.1) is 53.3 Å². The first-order chi connectivity index (χ1) is 19.5. The third kappa shape index (κ3) is 5.87. The van der Waals surface area contributed by atoms with Crippen molar-refractivity contribution in [2.75, 3.05) is 0 Å². The first kappa shape index (κ1) is 33.3. The standard InChI is InChI=1S/3C10H16O3S.Ru/c3*11-14(12,13)10-4-7-1-8(5-10)3-9(2-7)6-10;/h3*7-9H,1-6H2,(H,11,12,13);/q;;;+3/p-3. The van der Waals surface area contributed by atoms with E-state index in [-0.39, 0.29) is 19.5 Å². The molecule has 0 aromatic carbocycles. The van der Waals surface area contributed by atoms with Gasteiger partial charge in [-0.2, -0.15) is 0 Å². The zero-order chi connectivity index (χ0) is 29.9. The molecule has 12 aliphatic rings. The van der Waals surface area contributed by atoms with E-state index >= 15 is 0 Å². The Morgan fingerprint density at radius 3 is 0.535 bits per heavy atom. The summed E-state index contributed by atoms with van der Waals surface area (Å²) >= 11 is 0. The zero-order valence-corrected chi connectivity index (χ0v) is 28.9. The predicted octanol–water partition coefficient (Wildman–Crippen LogP) is 4.50. The van der Waals surface area contributed by atoms with Crippen LogP contribution in [0.15, 0.2) is 0 Å². The van der Waals surface area contributed by atoms with Crippen LogP contribution in [0.4, 0.5) is 0 Å². The Labute approximate surface area is 270 Å². The Bertz CT molecular complexity index is 1140. The van der Waals surface area contributed by atoms with Crippen molar-refractivity contribution in [3.8, 4) is 0 Å². The zero-order valence-electron chi connectivity index (χ0n) is 24.7. The van der Waals surface area contributed by atoms with Gasteiger partial charge in [-0.15, -0.1) is 0 Å². The molecule has 0 N–H and O–H groups in total. The van der Waals surface area contributed by atoms with Crippen molar-refractivity contribution in [3.63, 3.8) is 0 Å². The van der Waals surface area contributed by atoms with E-state index in [2.05, 4.69) is 0 Å². The third-order valence-corrected chi connectivity index (χ3v) is 18.2. The van der Waals surface area contributed by atoms with E-state index in [0.717, 1.165) is 0 Å². The van der Waals surface area contributed by atoms with Crippen LogP contribution in [0.25, 0.3) is 0 Å². The minimum atomic E-state index is -4.07. The average molecular weight is 747 g/mol. The summed E-state index contributed by atoms with van der Waals surface area (Å²) in [6.45, 7) is 0. The Morgan fingerprint density at radius 1 is 0.326 bits per heavy atom. The summed E-state index contributed by atoms with van der Waals surface area (Å²) in [7, 11) is -12.2. The second kappa shape index (κ2) is 10.9. The largest absolute Gasteiger partial charge is 3.00 e. The van der Waals surface area contributed by atoms with Crippen molar-refractivity contribution in [2.24, 2.45) is 53.3 Å². The molecule has 0 amide bonds. The fourth-order valence-electron chi connectivity index (χ4n) is 13.0. The average Bonchev–Trinajstić information content (AvgIpc) is 2.80. The summed E-state index contributed by atoms with van der Waals surface area (Å²) in [5.74, 6) is 4.79. The Kier molecular flexibility index (Phi) is 8.47. The summed E-state index contributed by atoms with van der Waals surface area (Å²) in [6.07, 6.45) is 16.5. The molecule has 1 radical (unpaired) electrons. The molecule has 0 aliphatic heterocycles. The van der Waals surface area contributed by atoms with Crippen LogP contribution in [0.1, 0.15) is 116 Å². The van der Waals surface area contributed by atoms with Crippen molar-refractivity contribution < 1.29 is 58.4 Å². The number of hydrogen-bond acceptors (Lipinski definition) is 9. The van der Waals surface area contributed by atoms with E-state index in [1.165, 1.54) is 57.8 Å². The normalized spacial score (nSPS) is 49.9. The van der Waals surface area contributed by atoms with E-state index in [1.54, 1.807) is 0 Å². The van der Waals surface area contributed by atoms with Gasteiger partial charge in [-0.1, -0.05) is 0 Å². The van der Waals surface area contributed by atoms with Crippen LogP contribution < -0.4 is 0 Å². The molecule has 43 heavy (non-hydrogen) atoms. The van der Waals surface area contributed by atoms with Crippen LogP contribution >= 0.6 is 0 Å². The maximum atomic E-state index is 11.3. The molecule has 12 fully saturated rings. The van der Waals surface area contributed by atoms with E-state index < -0.39 is 44.6 Å². The van der Waals surface area contributed by atoms with Crippen molar-refractivity contribution in [3.05, 3.63) is 0 Å². The van der Waals surface area contributed by atoms with Gasteiger partial charge < -0.3 is 13.7 Å². The SMILES string of the molecule is O=S(=O)([O-])C12CC3CC(CC(C3)C1)C2.O=S(=O)([O-])C12CC3CC(CC(C3)C1)C2.O=S(=O)([O-])C12CC3CC(CC(C3)C1)C2.[Ru+3]. The van der Waals surface area contributed by atoms with Crippen molar-refractivity contribution in [1.29, 1.82) is 0 Å². The number of rotatable bonds is 3. The maximum Gasteiger partial charge on any atom is 3.00 e. The minimum absolute atomic E-state index is 0. The smallest absolute Gasteiger partial charge is 0.748 e. The molecule has 0 spiro atoms. The van der Waals surface area contributed by atoms with E-state index in [9.17, 15) is 38.9 Å². The van der Waals surface area contributed by atoms with Gasteiger partial charge in [-0.05, 0) is 169 Å². The molecule has 0 heterocycles. The van der Waals surface area contributed by atoms with Gasteiger partial charge in [0.2, 0.25) is 0 Å². The van der Waals surface area contributed by atoms with Crippen LogP contribution in [0.3, 0.4) is 0 Å². The molecule has 0 unspecified atom stereocenters. The van der Waals surface area contributed by atoms with Crippen molar-refractivity contribution in [1.82, 2.24) is 0 Å². The fourth-order valence-corrected chi connectivity index (χ4v) is 17.0. The second-order valence-corrected chi connectivity index (χ2v) is 22.0. The van der Waals surface area contributed by atoms with Gasteiger partial charge in [-0.25, -0.2) is 25.3 Å². The topological polar surface area (TPSA) is 172 Å². The molecule has 245 valence electrons. The van der Waals surface area contributed by atoms with Gasteiger partial charge in [-0.3, -0.25) is 0 Å². The molecule has 12 bridgehead atoms. The van der Waals surface area contributed by atoms with Gasteiger partial charge in [0.05, 0.1) is 14.2 Å². The first-order valence-corrected chi connectivity index (χ1v) is 20.5. The quantitative estimate of drug-likeness (QED) is 0.298. The predicted molar refractivity (Wildman–Crippen MR) is 152 cm³/mol. The van der Waals surface area contributed by atoms with Crippen LogP contribution in [-0.4, -0.2) is 53.2 Å². The van der Waals surface area contributed by atoms with Crippen LogP contribution in [0.5, 0.6) is 0 Å². The molecule has 0 atom stereocenters. The van der Waals surface area contributed by atoms with E-state index in [4.69, 9.17) is 0 Å². The first-order valence-electron chi connectivity index (χ1n) is 16.3. The third-order valence-electron chi connectivity index (χ3n) is 13.5. The van der Waals surface area contributed by atoms with Gasteiger partial charge >= 0.3 is 19.5 Å². The molecule has 12 aliphatic carbocycles. The Hall–Kier alpha value is 0.353. The summed E-state index contributed by atoms with van der Waals surface area (Å²) in [5.41, 5.74) is 0. The van der Waals surface area contributed by atoms with Gasteiger partial charge in [0.25, 0.3) is 0 Å². The van der Waals surface area contributed by atoms with Crippen molar-refractivity contribution >= 4 is 30.4 Å². The minimum Gasteiger partial charge on any atom is -0.748 e. The molecule has 9 nitrogen and oxygen atoms in total. The summed E-state index contributed by atoms with van der Waals surface area (Å²) in [5, 5.41) is 0. The molecule has 0 aromatic rings. The molecule has 0 saturated heterocycles. The van der Waals surface area contributed by atoms with Crippen molar-refractivity contribution in [2.45, 2.75) is 130 Å². The summed E-state index contributed by atoms with van der Waals surface area (Å²) < 4.78 is 99.4. The van der Waals surface area contributed by atoms with Gasteiger partial charge in [0, 0.05) is 0 Å². The molecular weight excluding hydrogens is 702 g/mol. The van der Waals surface area contributed by atoms with Gasteiger partial charge in [0.1, 0.15) is 30.4 Å². The molecular formula is C30H45O9RuS3. The van der Waals surface area contributed by atoms with E-state index in [1.807, 2.05) is 0 Å². The molecule has 12 rings (SSSR count). The Balaban J connectivity index is 0.000000113. The van der Waals surface area contributed by atoms with E-state index in [0.29, 0.717) is 111 Å². The summed E-state index contributed by atoms with van der Waals surface area (Å²) in [6, 6.07) is 0.